The Hall–Kier alpha value is -3.15. The van der Waals surface area contributed by atoms with Gasteiger partial charge in [0.05, 0.1) is 5.71 Å². The van der Waals surface area contributed by atoms with Crippen LogP contribution in [0.25, 0.3) is 0 Å². The molecule has 0 heterocycles. The van der Waals surface area contributed by atoms with Crippen molar-refractivity contribution in [2.75, 3.05) is 0 Å². The van der Waals surface area contributed by atoms with Gasteiger partial charge in [0.25, 0.3) is 0 Å². The third-order valence-electron chi connectivity index (χ3n) is 3.55. The van der Waals surface area contributed by atoms with E-state index in [0.717, 1.165) is 5.56 Å². The van der Waals surface area contributed by atoms with Gasteiger partial charge in [-0.1, -0.05) is 42.5 Å². The molecule has 0 saturated heterocycles. The molecule has 0 aliphatic heterocycles. The monoisotopic (exact) mass is 339 g/mol. The van der Waals surface area contributed by atoms with E-state index in [0.29, 0.717) is 17.8 Å². The molecule has 0 radical (unpaired) electrons. The van der Waals surface area contributed by atoms with Crippen LogP contribution >= 0.6 is 0 Å². The van der Waals surface area contributed by atoms with Crippen molar-refractivity contribution < 1.29 is 14.7 Å². The molecule has 2 rings (SSSR count). The predicted molar refractivity (Wildman–Crippen MR) is 96.0 cm³/mol. The SMILES string of the molecule is C/C(=N\NC(=O)CCC(=O)NCc1ccccc1)c1ccccc1O. The lowest BCUT2D eigenvalue weighted by atomic mass is 10.1. The van der Waals surface area contributed by atoms with E-state index in [4.69, 9.17) is 0 Å². The number of aromatic hydroxyl groups is 1. The van der Waals surface area contributed by atoms with Gasteiger partial charge in [-0.15, -0.1) is 0 Å². The molecule has 0 bridgehead atoms. The van der Waals surface area contributed by atoms with Crippen molar-refractivity contribution >= 4 is 17.5 Å². The zero-order valence-electron chi connectivity index (χ0n) is 14.0. The molecule has 0 fully saturated rings. The van der Waals surface area contributed by atoms with Gasteiger partial charge in [-0.3, -0.25) is 9.59 Å². The average molecular weight is 339 g/mol. The van der Waals surface area contributed by atoms with Gasteiger partial charge >= 0.3 is 0 Å². The Balaban J connectivity index is 1.74. The van der Waals surface area contributed by atoms with Gasteiger partial charge in [-0.25, -0.2) is 5.43 Å². The minimum atomic E-state index is -0.357. The number of carbonyl (C=O) groups excluding carboxylic acids is 2. The topological polar surface area (TPSA) is 90.8 Å². The van der Waals surface area contributed by atoms with Crippen molar-refractivity contribution in [3.8, 4) is 5.75 Å². The Kier molecular flexibility index (Phi) is 6.71. The maximum Gasteiger partial charge on any atom is 0.240 e. The molecule has 2 aromatic carbocycles. The molecule has 6 nitrogen and oxygen atoms in total. The highest BCUT2D eigenvalue weighted by Gasteiger charge is 2.08. The third kappa shape index (κ3) is 6.10. The van der Waals surface area contributed by atoms with E-state index >= 15 is 0 Å². The van der Waals surface area contributed by atoms with Crippen LogP contribution in [0, 0.1) is 0 Å². The molecule has 2 aromatic rings. The molecule has 2 amide bonds. The van der Waals surface area contributed by atoms with Crippen molar-refractivity contribution in [3.63, 3.8) is 0 Å². The van der Waals surface area contributed by atoms with Crippen molar-refractivity contribution in [1.29, 1.82) is 0 Å². The standard InChI is InChI=1S/C19H21N3O3/c1-14(16-9-5-6-10-17(16)23)21-22-19(25)12-11-18(24)20-13-15-7-3-2-4-8-15/h2-10,23H,11-13H2,1H3,(H,20,24)(H,22,25)/b21-14+. The predicted octanol–water partition coefficient (Wildman–Crippen LogP) is 2.33. The van der Waals surface area contributed by atoms with Crippen LogP contribution in [0.2, 0.25) is 0 Å². The Morgan fingerprint density at radius 3 is 2.32 bits per heavy atom. The second-order valence-corrected chi connectivity index (χ2v) is 5.51. The first-order valence-corrected chi connectivity index (χ1v) is 7.98. The number of rotatable bonds is 7. The van der Waals surface area contributed by atoms with Crippen LogP contribution in [-0.4, -0.2) is 22.6 Å². The Morgan fingerprint density at radius 1 is 0.960 bits per heavy atom. The largest absolute Gasteiger partial charge is 0.507 e. The molecule has 25 heavy (non-hydrogen) atoms. The number of hydrazone groups is 1. The molecule has 0 aliphatic rings. The van der Waals surface area contributed by atoms with E-state index in [1.807, 2.05) is 30.3 Å². The lowest BCUT2D eigenvalue weighted by Gasteiger charge is -2.06. The molecular weight excluding hydrogens is 318 g/mol. The number of benzene rings is 2. The Labute approximate surface area is 146 Å². The quantitative estimate of drug-likeness (QED) is 0.534. The summed E-state index contributed by atoms with van der Waals surface area (Å²) in [7, 11) is 0. The van der Waals surface area contributed by atoms with Crippen molar-refractivity contribution in [1.82, 2.24) is 10.7 Å². The van der Waals surface area contributed by atoms with E-state index in [9.17, 15) is 14.7 Å². The second-order valence-electron chi connectivity index (χ2n) is 5.51. The molecule has 0 spiro atoms. The summed E-state index contributed by atoms with van der Waals surface area (Å²) >= 11 is 0. The molecule has 0 atom stereocenters. The molecule has 3 N–H and O–H groups in total. The Morgan fingerprint density at radius 2 is 1.60 bits per heavy atom. The fourth-order valence-electron chi connectivity index (χ4n) is 2.15. The van der Waals surface area contributed by atoms with Crippen LogP contribution < -0.4 is 10.7 Å². The van der Waals surface area contributed by atoms with Crippen LogP contribution in [0.1, 0.15) is 30.9 Å². The van der Waals surface area contributed by atoms with E-state index in [1.165, 1.54) is 0 Å². The highest BCUT2D eigenvalue weighted by molar-refractivity contribution is 6.01. The molecule has 6 heteroatoms. The molecule has 0 saturated carbocycles. The third-order valence-corrected chi connectivity index (χ3v) is 3.55. The number of carbonyl (C=O) groups is 2. The van der Waals surface area contributed by atoms with Crippen LogP contribution in [0.5, 0.6) is 5.75 Å². The van der Waals surface area contributed by atoms with E-state index in [-0.39, 0.29) is 30.4 Å². The van der Waals surface area contributed by atoms with Gasteiger partial charge in [0, 0.05) is 24.9 Å². The number of amides is 2. The number of hydrogen-bond donors (Lipinski definition) is 3. The normalized spacial score (nSPS) is 11.0. The van der Waals surface area contributed by atoms with Crippen LogP contribution in [-0.2, 0) is 16.1 Å². The summed E-state index contributed by atoms with van der Waals surface area (Å²) < 4.78 is 0. The van der Waals surface area contributed by atoms with E-state index in [2.05, 4.69) is 15.8 Å². The van der Waals surface area contributed by atoms with Crippen LogP contribution in [0.4, 0.5) is 0 Å². The summed E-state index contributed by atoms with van der Waals surface area (Å²) in [4.78, 5) is 23.5. The fourth-order valence-corrected chi connectivity index (χ4v) is 2.15. The first-order valence-electron chi connectivity index (χ1n) is 7.98. The van der Waals surface area contributed by atoms with Crippen LogP contribution in [0.15, 0.2) is 59.7 Å². The molecule has 0 aromatic heterocycles. The maximum absolute atomic E-state index is 11.8. The van der Waals surface area contributed by atoms with Gasteiger partial charge in [0.2, 0.25) is 11.8 Å². The summed E-state index contributed by atoms with van der Waals surface area (Å²) in [6.45, 7) is 2.12. The zero-order valence-corrected chi connectivity index (χ0v) is 14.0. The zero-order chi connectivity index (χ0) is 18.1. The van der Waals surface area contributed by atoms with Crippen LogP contribution in [0.3, 0.4) is 0 Å². The first-order chi connectivity index (χ1) is 12.1. The molecule has 0 unspecified atom stereocenters. The number of nitrogens with zero attached hydrogens (tertiary/aromatic N) is 1. The maximum atomic E-state index is 11.8. The van der Waals surface area contributed by atoms with Gasteiger partial charge in [0.15, 0.2) is 0 Å². The Bertz CT molecular complexity index is 758. The highest BCUT2D eigenvalue weighted by Crippen LogP contribution is 2.16. The number of phenolic OH excluding ortho intramolecular Hbond substituents is 1. The lowest BCUT2D eigenvalue weighted by molar-refractivity contribution is -0.126. The fraction of sp³-hybridized carbons (Fsp3) is 0.211. The van der Waals surface area contributed by atoms with Crippen molar-refractivity contribution in [2.24, 2.45) is 5.10 Å². The number of phenols is 1. The van der Waals surface area contributed by atoms with Crippen molar-refractivity contribution in [3.05, 3.63) is 65.7 Å². The summed E-state index contributed by atoms with van der Waals surface area (Å²) in [5.74, 6) is -0.455. The minimum absolute atomic E-state index is 0.0399. The first kappa shape index (κ1) is 18.2. The van der Waals surface area contributed by atoms with Crippen molar-refractivity contribution in [2.45, 2.75) is 26.3 Å². The van der Waals surface area contributed by atoms with E-state index in [1.54, 1.807) is 31.2 Å². The highest BCUT2D eigenvalue weighted by atomic mass is 16.3. The van der Waals surface area contributed by atoms with Gasteiger partial charge in [0.1, 0.15) is 5.75 Å². The minimum Gasteiger partial charge on any atom is -0.507 e. The summed E-state index contributed by atoms with van der Waals surface area (Å²) in [5, 5.41) is 16.4. The number of nitrogens with one attached hydrogen (secondary N) is 2. The smallest absolute Gasteiger partial charge is 0.240 e. The van der Waals surface area contributed by atoms with E-state index < -0.39 is 0 Å². The molecule has 0 aliphatic carbocycles. The summed E-state index contributed by atoms with van der Waals surface area (Å²) in [6.07, 6.45) is 0.127. The number of hydrogen-bond acceptors (Lipinski definition) is 4. The summed E-state index contributed by atoms with van der Waals surface area (Å²) in [5.41, 5.74) is 4.43. The summed E-state index contributed by atoms with van der Waals surface area (Å²) in [6, 6.07) is 16.3. The second kappa shape index (κ2) is 9.22. The number of para-hydroxylation sites is 1. The average Bonchev–Trinajstić information content (AvgIpc) is 2.64. The van der Waals surface area contributed by atoms with Gasteiger partial charge in [-0.05, 0) is 24.6 Å². The molecule has 130 valence electrons. The molecular formula is C19H21N3O3. The van der Waals surface area contributed by atoms with Gasteiger partial charge < -0.3 is 10.4 Å². The van der Waals surface area contributed by atoms with Gasteiger partial charge in [-0.2, -0.15) is 5.10 Å². The lowest BCUT2D eigenvalue weighted by Crippen LogP contribution is -2.26.